The molecule has 122 valence electrons. The molecule has 0 unspecified atom stereocenters. The second-order valence-corrected chi connectivity index (χ2v) is 6.54. The molecular weight excluding hydrogens is 330 g/mol. The fourth-order valence-electron chi connectivity index (χ4n) is 2.54. The van der Waals surface area contributed by atoms with Crippen molar-refractivity contribution in [2.24, 2.45) is 0 Å². The number of carbonyl (C=O) groups is 1. The van der Waals surface area contributed by atoms with Crippen molar-refractivity contribution in [2.75, 3.05) is 10.6 Å². The van der Waals surface area contributed by atoms with Gasteiger partial charge in [-0.3, -0.25) is 0 Å². The van der Waals surface area contributed by atoms with Crippen LogP contribution in [0.25, 0.3) is 20.8 Å². The van der Waals surface area contributed by atoms with E-state index < -0.39 is 0 Å². The van der Waals surface area contributed by atoms with Crippen LogP contribution in [0.1, 0.15) is 0 Å². The van der Waals surface area contributed by atoms with Crippen LogP contribution in [-0.4, -0.2) is 11.0 Å². The Labute approximate surface area is 149 Å². The van der Waals surface area contributed by atoms with Crippen molar-refractivity contribution in [3.05, 3.63) is 78.9 Å². The summed E-state index contributed by atoms with van der Waals surface area (Å²) in [5.41, 5.74) is 3.45. The molecule has 0 saturated carbocycles. The summed E-state index contributed by atoms with van der Waals surface area (Å²) >= 11 is 1.64. The van der Waals surface area contributed by atoms with Gasteiger partial charge in [-0.15, -0.1) is 11.3 Å². The third kappa shape index (κ3) is 3.51. The average Bonchev–Trinajstić information content (AvgIpc) is 3.07. The van der Waals surface area contributed by atoms with Crippen LogP contribution in [0.3, 0.4) is 0 Å². The van der Waals surface area contributed by atoms with Gasteiger partial charge in [0, 0.05) is 16.9 Å². The Morgan fingerprint density at radius 2 is 1.52 bits per heavy atom. The molecule has 0 aliphatic carbocycles. The highest BCUT2D eigenvalue weighted by Gasteiger charge is 2.08. The Kier molecular flexibility index (Phi) is 4.14. The third-order valence-corrected chi connectivity index (χ3v) is 4.78. The van der Waals surface area contributed by atoms with Gasteiger partial charge in [-0.2, -0.15) is 0 Å². The standard InChI is InChI=1S/C20H15N3OS/c24-20(21-15-8-2-1-3-9-15)22-16-10-6-7-14(13-16)19-23-17-11-4-5-12-18(17)25-19/h1-13H,(H2,21,22,24). The van der Waals surface area contributed by atoms with Gasteiger partial charge >= 0.3 is 6.03 Å². The smallest absolute Gasteiger partial charge is 0.308 e. The summed E-state index contributed by atoms with van der Waals surface area (Å²) in [6.45, 7) is 0. The lowest BCUT2D eigenvalue weighted by molar-refractivity contribution is 0.262. The van der Waals surface area contributed by atoms with Crippen molar-refractivity contribution < 1.29 is 4.79 Å². The SMILES string of the molecule is O=C(Nc1ccccc1)Nc1cccc(-c2nc3ccccc3s2)c1. The zero-order valence-electron chi connectivity index (χ0n) is 13.3. The number of thiazole rings is 1. The molecule has 4 rings (SSSR count). The summed E-state index contributed by atoms with van der Waals surface area (Å²) in [6.07, 6.45) is 0. The van der Waals surface area contributed by atoms with Crippen molar-refractivity contribution in [1.82, 2.24) is 4.98 Å². The van der Waals surface area contributed by atoms with Crippen molar-refractivity contribution in [2.45, 2.75) is 0 Å². The molecular formula is C20H15N3OS. The van der Waals surface area contributed by atoms with Gasteiger partial charge in [0.15, 0.2) is 0 Å². The van der Waals surface area contributed by atoms with Crippen LogP contribution in [-0.2, 0) is 0 Å². The number of hydrogen-bond acceptors (Lipinski definition) is 3. The maximum absolute atomic E-state index is 12.1. The minimum atomic E-state index is -0.271. The van der Waals surface area contributed by atoms with Crippen molar-refractivity contribution in [1.29, 1.82) is 0 Å². The zero-order chi connectivity index (χ0) is 17.1. The van der Waals surface area contributed by atoms with Gasteiger partial charge in [-0.25, -0.2) is 9.78 Å². The molecule has 0 fully saturated rings. The Balaban J connectivity index is 1.54. The first-order chi connectivity index (χ1) is 12.3. The molecule has 4 nitrogen and oxygen atoms in total. The van der Waals surface area contributed by atoms with E-state index in [1.165, 1.54) is 0 Å². The van der Waals surface area contributed by atoms with Gasteiger partial charge in [-0.1, -0.05) is 42.5 Å². The number of urea groups is 1. The molecule has 1 aromatic heterocycles. The molecule has 0 radical (unpaired) electrons. The second-order valence-electron chi connectivity index (χ2n) is 5.51. The van der Waals surface area contributed by atoms with Crippen LogP contribution in [0.2, 0.25) is 0 Å². The highest BCUT2D eigenvalue weighted by atomic mass is 32.1. The summed E-state index contributed by atoms with van der Waals surface area (Å²) in [5.74, 6) is 0. The molecule has 3 aromatic carbocycles. The number of nitrogens with zero attached hydrogens (tertiary/aromatic N) is 1. The number of aromatic nitrogens is 1. The first-order valence-electron chi connectivity index (χ1n) is 7.87. The molecule has 0 spiro atoms. The van der Waals surface area contributed by atoms with Gasteiger partial charge in [-0.05, 0) is 36.4 Å². The van der Waals surface area contributed by atoms with Gasteiger partial charge in [0.1, 0.15) is 5.01 Å². The highest BCUT2D eigenvalue weighted by molar-refractivity contribution is 7.21. The monoisotopic (exact) mass is 345 g/mol. The average molecular weight is 345 g/mol. The van der Waals surface area contributed by atoms with Gasteiger partial charge in [0.25, 0.3) is 0 Å². The number of carbonyl (C=O) groups excluding carboxylic acids is 1. The quantitative estimate of drug-likeness (QED) is 0.507. The molecule has 0 saturated heterocycles. The molecule has 0 bridgehead atoms. The predicted molar refractivity (Wildman–Crippen MR) is 104 cm³/mol. The normalized spacial score (nSPS) is 10.6. The largest absolute Gasteiger partial charge is 0.323 e. The molecule has 0 atom stereocenters. The topological polar surface area (TPSA) is 54.0 Å². The molecule has 25 heavy (non-hydrogen) atoms. The van der Waals surface area contributed by atoms with E-state index in [2.05, 4.69) is 21.7 Å². The first-order valence-corrected chi connectivity index (χ1v) is 8.69. The number of hydrogen-bond donors (Lipinski definition) is 2. The Bertz CT molecular complexity index is 994. The lowest BCUT2D eigenvalue weighted by Crippen LogP contribution is -2.19. The molecule has 0 aliphatic rings. The van der Waals surface area contributed by atoms with Gasteiger partial charge < -0.3 is 10.6 Å². The van der Waals surface area contributed by atoms with E-state index in [0.29, 0.717) is 0 Å². The van der Waals surface area contributed by atoms with Crippen LogP contribution >= 0.6 is 11.3 Å². The summed E-state index contributed by atoms with van der Waals surface area (Å²) < 4.78 is 1.15. The number of benzene rings is 3. The van der Waals surface area contributed by atoms with E-state index >= 15 is 0 Å². The van der Waals surface area contributed by atoms with E-state index in [-0.39, 0.29) is 6.03 Å². The Morgan fingerprint density at radius 1 is 0.800 bits per heavy atom. The Hall–Kier alpha value is -3.18. The number of anilines is 2. The summed E-state index contributed by atoms with van der Waals surface area (Å²) in [4.78, 5) is 16.8. The lowest BCUT2D eigenvalue weighted by atomic mass is 10.2. The van der Waals surface area contributed by atoms with Crippen LogP contribution in [0.15, 0.2) is 78.9 Å². The van der Waals surface area contributed by atoms with E-state index in [1.54, 1.807) is 11.3 Å². The fourth-order valence-corrected chi connectivity index (χ4v) is 3.50. The van der Waals surface area contributed by atoms with Crippen molar-refractivity contribution in [3.63, 3.8) is 0 Å². The molecule has 0 aliphatic heterocycles. The minimum Gasteiger partial charge on any atom is -0.308 e. The van der Waals surface area contributed by atoms with E-state index in [4.69, 9.17) is 0 Å². The van der Waals surface area contributed by atoms with E-state index in [9.17, 15) is 4.79 Å². The summed E-state index contributed by atoms with van der Waals surface area (Å²) in [7, 11) is 0. The van der Waals surface area contributed by atoms with E-state index in [1.807, 2.05) is 72.8 Å². The van der Waals surface area contributed by atoms with Crippen LogP contribution in [0.4, 0.5) is 16.2 Å². The summed E-state index contributed by atoms with van der Waals surface area (Å²) in [5, 5.41) is 6.61. The minimum absolute atomic E-state index is 0.271. The van der Waals surface area contributed by atoms with Gasteiger partial charge in [0.2, 0.25) is 0 Å². The molecule has 1 heterocycles. The molecule has 2 amide bonds. The molecule has 5 heteroatoms. The fraction of sp³-hybridized carbons (Fsp3) is 0. The summed E-state index contributed by atoms with van der Waals surface area (Å²) in [6, 6.07) is 24.9. The predicted octanol–water partition coefficient (Wildman–Crippen LogP) is 5.61. The van der Waals surface area contributed by atoms with Gasteiger partial charge in [0.05, 0.1) is 10.2 Å². The number of nitrogens with one attached hydrogen (secondary N) is 2. The second kappa shape index (κ2) is 6.75. The first kappa shape index (κ1) is 15.4. The van der Waals surface area contributed by atoms with Crippen LogP contribution < -0.4 is 10.6 Å². The lowest BCUT2D eigenvalue weighted by Gasteiger charge is -2.08. The van der Waals surface area contributed by atoms with E-state index in [0.717, 1.165) is 32.2 Å². The third-order valence-electron chi connectivity index (χ3n) is 3.69. The maximum Gasteiger partial charge on any atom is 0.323 e. The maximum atomic E-state index is 12.1. The Morgan fingerprint density at radius 3 is 2.36 bits per heavy atom. The number of amides is 2. The highest BCUT2D eigenvalue weighted by Crippen LogP contribution is 2.31. The van der Waals surface area contributed by atoms with Crippen LogP contribution in [0.5, 0.6) is 0 Å². The zero-order valence-corrected chi connectivity index (χ0v) is 14.1. The van der Waals surface area contributed by atoms with Crippen molar-refractivity contribution >= 4 is 39.0 Å². The molecule has 4 aromatic rings. The van der Waals surface area contributed by atoms with Crippen molar-refractivity contribution in [3.8, 4) is 10.6 Å². The number of fused-ring (bicyclic) bond motifs is 1. The van der Waals surface area contributed by atoms with Crippen LogP contribution in [0, 0.1) is 0 Å². The number of para-hydroxylation sites is 2. The number of rotatable bonds is 3. The molecule has 2 N–H and O–H groups in total.